The molecule has 2 N–H and O–H groups in total. The van der Waals surface area contributed by atoms with Crippen LogP contribution >= 0.6 is 0 Å². The van der Waals surface area contributed by atoms with Crippen LogP contribution in [0.3, 0.4) is 0 Å². The molecule has 1 aliphatic heterocycles. The maximum absolute atomic E-state index is 6.08. The maximum atomic E-state index is 6.08. The number of nitrogen functional groups attached to an aromatic ring is 1. The van der Waals surface area contributed by atoms with E-state index in [1.807, 2.05) is 6.07 Å². The molecule has 0 saturated heterocycles. The molecule has 0 amide bonds. The van der Waals surface area contributed by atoms with Gasteiger partial charge in [0.25, 0.3) is 0 Å². The number of hydrogen-bond donors (Lipinski definition) is 1. The third kappa shape index (κ3) is 1.66. The van der Waals surface area contributed by atoms with Crippen LogP contribution < -0.4 is 5.73 Å². The second kappa shape index (κ2) is 3.99. The molecular weight excluding hydrogens is 220 g/mol. The Bertz CT molecular complexity index is 468. The summed E-state index contributed by atoms with van der Waals surface area (Å²) in [4.78, 5) is 2.62. The minimum atomic E-state index is 0.972. The molecule has 2 fully saturated rings. The molecule has 2 nitrogen and oxygen atoms in total. The van der Waals surface area contributed by atoms with Crippen LogP contribution in [-0.2, 0) is 13.1 Å². The van der Waals surface area contributed by atoms with Gasteiger partial charge >= 0.3 is 0 Å². The number of hydrogen-bond acceptors (Lipinski definition) is 2. The Morgan fingerprint density at radius 2 is 2.11 bits per heavy atom. The third-order valence-electron chi connectivity index (χ3n) is 5.46. The van der Waals surface area contributed by atoms with Crippen LogP contribution in [0.25, 0.3) is 0 Å². The van der Waals surface area contributed by atoms with Crippen LogP contribution in [0.1, 0.15) is 36.8 Å². The maximum Gasteiger partial charge on any atom is 0.0363 e. The van der Waals surface area contributed by atoms with E-state index in [9.17, 15) is 0 Å². The molecule has 0 spiro atoms. The Hall–Kier alpha value is -1.02. The average molecular weight is 242 g/mol. The second-order valence-electron chi connectivity index (χ2n) is 6.59. The van der Waals surface area contributed by atoms with E-state index in [0.29, 0.717) is 0 Å². The number of benzene rings is 1. The van der Waals surface area contributed by atoms with Gasteiger partial charge in [0.05, 0.1) is 0 Å². The van der Waals surface area contributed by atoms with Gasteiger partial charge in [0.15, 0.2) is 0 Å². The first-order valence-electron chi connectivity index (χ1n) is 7.38. The Morgan fingerprint density at radius 3 is 2.83 bits per heavy atom. The predicted octanol–water partition coefficient (Wildman–Crippen LogP) is 3.02. The van der Waals surface area contributed by atoms with E-state index < -0.39 is 0 Å². The van der Waals surface area contributed by atoms with Gasteiger partial charge in [-0.15, -0.1) is 0 Å². The average Bonchev–Trinajstić information content (AvgIpc) is 3.03. The summed E-state index contributed by atoms with van der Waals surface area (Å²) in [7, 11) is 0. The van der Waals surface area contributed by atoms with Crippen molar-refractivity contribution in [1.29, 1.82) is 0 Å². The highest BCUT2D eigenvalue weighted by Crippen LogP contribution is 2.48. The lowest BCUT2D eigenvalue weighted by Gasteiger charge is -2.26. The van der Waals surface area contributed by atoms with Crippen molar-refractivity contribution in [3.05, 3.63) is 29.3 Å². The van der Waals surface area contributed by atoms with Crippen molar-refractivity contribution in [2.24, 2.45) is 17.8 Å². The Morgan fingerprint density at radius 1 is 1.17 bits per heavy atom. The predicted molar refractivity (Wildman–Crippen MR) is 73.9 cm³/mol. The fraction of sp³-hybridized carbons (Fsp3) is 0.625. The number of rotatable bonds is 2. The number of nitrogens with two attached hydrogens (primary N) is 1. The van der Waals surface area contributed by atoms with Crippen molar-refractivity contribution < 1.29 is 0 Å². The summed E-state index contributed by atoms with van der Waals surface area (Å²) in [5.41, 5.74) is 9.91. The molecule has 3 unspecified atom stereocenters. The van der Waals surface area contributed by atoms with Crippen molar-refractivity contribution in [3.8, 4) is 0 Å². The molecule has 1 aromatic carbocycles. The van der Waals surface area contributed by atoms with Crippen molar-refractivity contribution in [1.82, 2.24) is 4.90 Å². The molecule has 1 heterocycles. The number of fused-ring (bicyclic) bond motifs is 3. The quantitative estimate of drug-likeness (QED) is 0.808. The first kappa shape index (κ1) is 10.9. The van der Waals surface area contributed by atoms with Crippen LogP contribution in [0.2, 0.25) is 0 Å². The minimum absolute atomic E-state index is 0.972. The van der Waals surface area contributed by atoms with Crippen LogP contribution in [0, 0.1) is 17.8 Å². The zero-order valence-corrected chi connectivity index (χ0v) is 10.9. The highest BCUT2D eigenvalue weighted by Gasteiger charge is 2.40. The highest BCUT2D eigenvalue weighted by atomic mass is 15.1. The summed E-state index contributed by atoms with van der Waals surface area (Å²) in [5, 5.41) is 0. The molecule has 2 aliphatic carbocycles. The fourth-order valence-electron chi connectivity index (χ4n) is 4.58. The molecule has 0 aromatic heterocycles. The van der Waals surface area contributed by atoms with Gasteiger partial charge in [0, 0.05) is 25.3 Å². The molecular formula is C16H22N2. The van der Waals surface area contributed by atoms with Crippen molar-refractivity contribution in [3.63, 3.8) is 0 Å². The zero-order valence-electron chi connectivity index (χ0n) is 10.9. The lowest BCUT2D eigenvalue weighted by atomic mass is 9.88. The van der Waals surface area contributed by atoms with Crippen LogP contribution in [0.5, 0.6) is 0 Å². The van der Waals surface area contributed by atoms with Gasteiger partial charge in [0.2, 0.25) is 0 Å². The highest BCUT2D eigenvalue weighted by molar-refractivity contribution is 5.52. The molecule has 0 radical (unpaired) electrons. The Kier molecular flexibility index (Phi) is 2.41. The van der Waals surface area contributed by atoms with Crippen LogP contribution in [-0.4, -0.2) is 11.4 Å². The van der Waals surface area contributed by atoms with Gasteiger partial charge in [0.1, 0.15) is 0 Å². The molecule has 18 heavy (non-hydrogen) atoms. The van der Waals surface area contributed by atoms with Crippen molar-refractivity contribution in [2.45, 2.75) is 38.8 Å². The lowest BCUT2D eigenvalue weighted by Crippen LogP contribution is -2.27. The Balaban J connectivity index is 1.45. The van der Waals surface area contributed by atoms with Gasteiger partial charge < -0.3 is 5.73 Å². The summed E-state index contributed by atoms with van der Waals surface area (Å²) in [5.74, 6) is 3.07. The first-order valence-corrected chi connectivity index (χ1v) is 7.38. The van der Waals surface area contributed by atoms with Crippen LogP contribution in [0.4, 0.5) is 5.69 Å². The molecule has 1 aromatic rings. The van der Waals surface area contributed by atoms with Gasteiger partial charge in [-0.25, -0.2) is 0 Å². The second-order valence-corrected chi connectivity index (χ2v) is 6.59. The monoisotopic (exact) mass is 242 g/mol. The largest absolute Gasteiger partial charge is 0.398 e. The van der Waals surface area contributed by atoms with Crippen molar-refractivity contribution in [2.75, 3.05) is 12.3 Å². The van der Waals surface area contributed by atoms with E-state index in [4.69, 9.17) is 5.73 Å². The molecule has 2 saturated carbocycles. The number of anilines is 1. The van der Waals surface area contributed by atoms with Gasteiger partial charge in [-0.05, 0) is 54.2 Å². The standard InChI is InChI=1S/C16H22N2/c17-16-3-1-2-13-8-18(10-15(13)16)9-14-7-11-4-5-12(14)6-11/h1-3,11-12,14H,4-10,17H2. The van der Waals surface area contributed by atoms with E-state index in [0.717, 1.165) is 36.5 Å². The normalized spacial score (nSPS) is 34.1. The summed E-state index contributed by atoms with van der Waals surface area (Å²) in [6.45, 7) is 3.50. The van der Waals surface area contributed by atoms with Crippen LogP contribution in [0.15, 0.2) is 18.2 Å². The summed E-state index contributed by atoms with van der Waals surface area (Å²) in [6.07, 6.45) is 6.02. The summed E-state index contributed by atoms with van der Waals surface area (Å²) >= 11 is 0. The number of nitrogens with zero attached hydrogens (tertiary/aromatic N) is 1. The van der Waals surface area contributed by atoms with E-state index in [-0.39, 0.29) is 0 Å². The van der Waals surface area contributed by atoms with Gasteiger partial charge in [-0.2, -0.15) is 0 Å². The van der Waals surface area contributed by atoms with Gasteiger partial charge in [-0.3, -0.25) is 4.90 Å². The molecule has 4 rings (SSSR count). The van der Waals surface area contributed by atoms with E-state index in [2.05, 4.69) is 17.0 Å². The zero-order chi connectivity index (χ0) is 12.1. The smallest absolute Gasteiger partial charge is 0.0363 e. The first-order chi connectivity index (χ1) is 8.79. The topological polar surface area (TPSA) is 29.3 Å². The Labute approximate surface area is 109 Å². The minimum Gasteiger partial charge on any atom is -0.398 e. The summed E-state index contributed by atoms with van der Waals surface area (Å²) in [6, 6.07) is 6.38. The van der Waals surface area contributed by atoms with Gasteiger partial charge in [-0.1, -0.05) is 18.6 Å². The fourth-order valence-corrected chi connectivity index (χ4v) is 4.58. The SMILES string of the molecule is Nc1cccc2c1CN(CC1CC3CCC1C3)C2. The molecule has 96 valence electrons. The van der Waals surface area contributed by atoms with E-state index in [1.54, 1.807) is 0 Å². The molecule has 3 aliphatic rings. The van der Waals surface area contributed by atoms with E-state index in [1.165, 1.54) is 43.4 Å². The molecule has 3 atom stereocenters. The molecule has 2 bridgehead atoms. The third-order valence-corrected chi connectivity index (χ3v) is 5.46. The molecule has 2 heteroatoms. The summed E-state index contributed by atoms with van der Waals surface area (Å²) < 4.78 is 0. The van der Waals surface area contributed by atoms with E-state index >= 15 is 0 Å². The van der Waals surface area contributed by atoms with Crippen molar-refractivity contribution >= 4 is 5.69 Å². The lowest BCUT2D eigenvalue weighted by molar-refractivity contribution is 0.192.